The highest BCUT2D eigenvalue weighted by Gasteiger charge is 2.17. The molecular weight excluding hydrogens is 250 g/mol. The molecule has 2 N–H and O–H groups in total. The smallest absolute Gasteiger partial charge is 0.139 e. The van der Waals surface area contributed by atoms with E-state index in [0.717, 1.165) is 56.8 Å². The van der Waals surface area contributed by atoms with Crippen LogP contribution >= 0.6 is 0 Å². The number of rotatable bonds is 6. The molecule has 2 heterocycles. The second-order valence-electron chi connectivity index (χ2n) is 5.72. The maximum absolute atomic E-state index is 6.04. The maximum atomic E-state index is 6.04. The first-order valence-corrected chi connectivity index (χ1v) is 7.81. The van der Waals surface area contributed by atoms with E-state index in [2.05, 4.69) is 29.8 Å². The minimum absolute atomic E-state index is 0.276. The van der Waals surface area contributed by atoms with Gasteiger partial charge in [-0.05, 0) is 18.8 Å². The molecule has 0 saturated carbocycles. The summed E-state index contributed by atoms with van der Waals surface area (Å²) in [5, 5.41) is 0. The molecule has 20 heavy (non-hydrogen) atoms. The Labute approximate surface area is 122 Å². The van der Waals surface area contributed by atoms with Gasteiger partial charge in [-0.1, -0.05) is 26.7 Å². The van der Waals surface area contributed by atoms with Gasteiger partial charge in [0.2, 0.25) is 0 Å². The lowest BCUT2D eigenvalue weighted by Gasteiger charge is -2.32. The summed E-state index contributed by atoms with van der Waals surface area (Å²) < 4.78 is 5.89. The largest absolute Gasteiger partial charge is 0.492 e. The summed E-state index contributed by atoms with van der Waals surface area (Å²) in [5.74, 6) is 1.50. The Hall–Kier alpha value is -1.29. The number of hydrogen-bond acceptors (Lipinski definition) is 4. The van der Waals surface area contributed by atoms with E-state index in [4.69, 9.17) is 10.5 Å². The van der Waals surface area contributed by atoms with Crippen LogP contribution in [0.1, 0.15) is 39.5 Å². The van der Waals surface area contributed by atoms with E-state index in [0.29, 0.717) is 5.92 Å². The minimum Gasteiger partial charge on any atom is -0.492 e. The summed E-state index contributed by atoms with van der Waals surface area (Å²) in [7, 11) is 0. The monoisotopic (exact) mass is 277 g/mol. The van der Waals surface area contributed by atoms with E-state index < -0.39 is 0 Å². The van der Waals surface area contributed by atoms with Crippen LogP contribution < -0.4 is 15.4 Å². The van der Waals surface area contributed by atoms with Crippen molar-refractivity contribution < 1.29 is 4.74 Å². The van der Waals surface area contributed by atoms with Gasteiger partial charge in [-0.15, -0.1) is 0 Å². The van der Waals surface area contributed by atoms with Crippen molar-refractivity contribution in [2.24, 2.45) is 11.7 Å². The summed E-state index contributed by atoms with van der Waals surface area (Å²) in [6.45, 7) is 7.17. The van der Waals surface area contributed by atoms with Crippen LogP contribution in [0.5, 0.6) is 5.75 Å². The van der Waals surface area contributed by atoms with Crippen molar-refractivity contribution in [3.63, 3.8) is 0 Å². The summed E-state index contributed by atoms with van der Waals surface area (Å²) >= 11 is 0. The molecule has 0 bridgehead atoms. The molecule has 1 aliphatic rings. The molecule has 0 amide bonds. The third-order valence-electron chi connectivity index (χ3n) is 4.16. The first kappa shape index (κ1) is 15.1. The van der Waals surface area contributed by atoms with Gasteiger partial charge in [0.05, 0.1) is 24.7 Å². The Bertz CT molecular complexity index is 406. The Balaban J connectivity index is 1.96. The fourth-order valence-electron chi connectivity index (χ4n) is 2.64. The van der Waals surface area contributed by atoms with E-state index >= 15 is 0 Å². The molecule has 1 aromatic heterocycles. The molecule has 1 atom stereocenters. The average molecular weight is 277 g/mol. The van der Waals surface area contributed by atoms with Crippen LogP contribution in [-0.2, 0) is 0 Å². The van der Waals surface area contributed by atoms with Crippen LogP contribution in [0.15, 0.2) is 18.5 Å². The van der Waals surface area contributed by atoms with Crippen molar-refractivity contribution >= 4 is 5.69 Å². The van der Waals surface area contributed by atoms with Gasteiger partial charge in [0.1, 0.15) is 5.75 Å². The number of ether oxygens (including phenoxy) is 1. The normalized spacial score (nSPS) is 19.4. The molecule has 112 valence electrons. The number of anilines is 1. The SMILES string of the molecule is CCC(CC)COc1cncc(N2CCCC(N)C2)c1. The van der Waals surface area contributed by atoms with Crippen molar-refractivity contribution in [2.75, 3.05) is 24.6 Å². The lowest BCUT2D eigenvalue weighted by atomic mass is 10.1. The van der Waals surface area contributed by atoms with Gasteiger partial charge >= 0.3 is 0 Å². The van der Waals surface area contributed by atoms with Gasteiger partial charge < -0.3 is 15.4 Å². The lowest BCUT2D eigenvalue weighted by molar-refractivity contribution is 0.240. The molecule has 4 nitrogen and oxygen atoms in total. The standard InChI is InChI=1S/C16H27N3O/c1-3-13(4-2)12-20-16-8-15(9-18-10-16)19-7-5-6-14(17)11-19/h8-10,13-14H,3-7,11-12,17H2,1-2H3. The Morgan fingerprint density at radius 1 is 1.40 bits per heavy atom. The number of aromatic nitrogens is 1. The number of nitrogens with two attached hydrogens (primary N) is 1. The Morgan fingerprint density at radius 2 is 2.20 bits per heavy atom. The van der Waals surface area contributed by atoms with Crippen molar-refractivity contribution in [1.29, 1.82) is 0 Å². The highest BCUT2D eigenvalue weighted by Crippen LogP contribution is 2.23. The van der Waals surface area contributed by atoms with Gasteiger partial charge in [-0.25, -0.2) is 0 Å². The molecule has 1 unspecified atom stereocenters. The van der Waals surface area contributed by atoms with E-state index in [9.17, 15) is 0 Å². The average Bonchev–Trinajstić information content (AvgIpc) is 2.49. The number of pyridine rings is 1. The third-order valence-corrected chi connectivity index (χ3v) is 4.16. The molecule has 1 saturated heterocycles. The molecular formula is C16H27N3O. The zero-order valence-corrected chi connectivity index (χ0v) is 12.7. The summed E-state index contributed by atoms with van der Waals surface area (Å²) in [5.41, 5.74) is 7.17. The van der Waals surface area contributed by atoms with Gasteiger partial charge in [0.15, 0.2) is 0 Å². The fourth-order valence-corrected chi connectivity index (χ4v) is 2.64. The van der Waals surface area contributed by atoms with E-state index in [1.54, 1.807) is 6.20 Å². The van der Waals surface area contributed by atoms with Gasteiger partial charge in [-0.2, -0.15) is 0 Å². The predicted molar refractivity (Wildman–Crippen MR) is 83.2 cm³/mol. The third kappa shape index (κ3) is 4.10. The zero-order chi connectivity index (χ0) is 14.4. The van der Waals surface area contributed by atoms with Crippen LogP contribution in [0.25, 0.3) is 0 Å². The molecule has 1 fully saturated rings. The minimum atomic E-state index is 0.276. The number of nitrogens with zero attached hydrogens (tertiary/aromatic N) is 2. The van der Waals surface area contributed by atoms with Crippen LogP contribution in [0, 0.1) is 5.92 Å². The van der Waals surface area contributed by atoms with E-state index in [-0.39, 0.29) is 6.04 Å². The van der Waals surface area contributed by atoms with Gasteiger partial charge in [-0.3, -0.25) is 4.98 Å². The fraction of sp³-hybridized carbons (Fsp3) is 0.688. The van der Waals surface area contributed by atoms with Crippen LogP contribution in [0.3, 0.4) is 0 Å². The lowest BCUT2D eigenvalue weighted by Crippen LogP contribution is -2.42. The Morgan fingerprint density at radius 3 is 2.90 bits per heavy atom. The molecule has 1 aliphatic heterocycles. The number of hydrogen-bond donors (Lipinski definition) is 1. The predicted octanol–water partition coefficient (Wildman–Crippen LogP) is 2.82. The maximum Gasteiger partial charge on any atom is 0.139 e. The summed E-state index contributed by atoms with van der Waals surface area (Å²) in [4.78, 5) is 6.62. The summed E-state index contributed by atoms with van der Waals surface area (Å²) in [6, 6.07) is 2.37. The first-order chi connectivity index (χ1) is 9.72. The zero-order valence-electron chi connectivity index (χ0n) is 12.7. The van der Waals surface area contributed by atoms with E-state index in [1.165, 1.54) is 0 Å². The highest BCUT2D eigenvalue weighted by atomic mass is 16.5. The van der Waals surface area contributed by atoms with E-state index in [1.807, 2.05) is 6.20 Å². The van der Waals surface area contributed by atoms with Crippen molar-refractivity contribution in [3.8, 4) is 5.75 Å². The second kappa shape index (κ2) is 7.48. The molecule has 1 aromatic rings. The Kier molecular flexibility index (Phi) is 5.65. The van der Waals surface area contributed by atoms with Crippen molar-refractivity contribution in [2.45, 2.75) is 45.6 Å². The van der Waals surface area contributed by atoms with Crippen molar-refractivity contribution in [1.82, 2.24) is 4.98 Å². The highest BCUT2D eigenvalue weighted by molar-refractivity contribution is 5.48. The first-order valence-electron chi connectivity index (χ1n) is 7.81. The van der Waals surface area contributed by atoms with Crippen LogP contribution in [-0.4, -0.2) is 30.7 Å². The molecule has 0 radical (unpaired) electrons. The van der Waals surface area contributed by atoms with Crippen LogP contribution in [0.4, 0.5) is 5.69 Å². The van der Waals surface area contributed by atoms with Gasteiger partial charge in [0, 0.05) is 25.2 Å². The quantitative estimate of drug-likeness (QED) is 0.868. The molecule has 0 aliphatic carbocycles. The topological polar surface area (TPSA) is 51.4 Å². The molecule has 4 heteroatoms. The second-order valence-corrected chi connectivity index (χ2v) is 5.72. The van der Waals surface area contributed by atoms with Crippen molar-refractivity contribution in [3.05, 3.63) is 18.5 Å². The number of piperidine rings is 1. The van der Waals surface area contributed by atoms with Gasteiger partial charge in [0.25, 0.3) is 0 Å². The summed E-state index contributed by atoms with van der Waals surface area (Å²) in [6.07, 6.45) is 8.29. The molecule has 0 spiro atoms. The van der Waals surface area contributed by atoms with Crippen LogP contribution in [0.2, 0.25) is 0 Å². The molecule has 2 rings (SSSR count). The molecule has 0 aromatic carbocycles.